The smallest absolute Gasteiger partial charge is 0.256 e. The van der Waals surface area contributed by atoms with Crippen LogP contribution < -0.4 is 10.1 Å². The zero-order valence-electron chi connectivity index (χ0n) is 13.1. The number of rotatable bonds is 5. The van der Waals surface area contributed by atoms with E-state index in [1.807, 2.05) is 42.5 Å². The Morgan fingerprint density at radius 1 is 1.21 bits per heavy atom. The van der Waals surface area contributed by atoms with E-state index >= 15 is 0 Å². The number of aromatic nitrogens is 2. The van der Waals surface area contributed by atoms with E-state index in [0.29, 0.717) is 18.0 Å². The summed E-state index contributed by atoms with van der Waals surface area (Å²) in [6.07, 6.45) is 1.78. The number of aryl methyl sites for hydroxylation is 1. The number of anilines is 1. The second-order valence-electron chi connectivity index (χ2n) is 5.28. The molecule has 122 valence electrons. The number of hydrogen-bond acceptors (Lipinski definition) is 3. The van der Waals surface area contributed by atoms with Crippen molar-refractivity contribution in [3.63, 3.8) is 0 Å². The summed E-state index contributed by atoms with van der Waals surface area (Å²) in [5.41, 5.74) is 1.49. The molecule has 3 aromatic rings. The van der Waals surface area contributed by atoms with Crippen LogP contribution in [0.25, 0.3) is 0 Å². The lowest BCUT2D eigenvalue weighted by molar-refractivity contribution is 0.102. The molecule has 5 nitrogen and oxygen atoms in total. The lowest BCUT2D eigenvalue weighted by atomic mass is 10.1. The maximum Gasteiger partial charge on any atom is 0.256 e. The maximum atomic E-state index is 12.3. The number of ether oxygens (including phenoxy) is 1. The van der Waals surface area contributed by atoms with E-state index in [1.165, 1.54) is 0 Å². The van der Waals surface area contributed by atoms with Crippen molar-refractivity contribution < 1.29 is 9.53 Å². The molecule has 1 aromatic heterocycles. The van der Waals surface area contributed by atoms with Crippen LogP contribution in [-0.4, -0.2) is 15.7 Å². The highest BCUT2D eigenvalue weighted by atomic mass is 79.9. The SMILES string of the molecule is Cn1ccc(NC(=O)c2cccc(COc3cccc(Br)c3)c2)n1. The standard InChI is InChI=1S/C18H16BrN3O2/c1-22-9-8-17(21-22)20-18(23)14-5-2-4-13(10-14)12-24-16-7-3-6-15(19)11-16/h2-11H,12H2,1H3,(H,20,21,23). The van der Waals surface area contributed by atoms with Crippen LogP contribution in [0.2, 0.25) is 0 Å². The molecule has 24 heavy (non-hydrogen) atoms. The van der Waals surface area contributed by atoms with Crippen LogP contribution in [0.3, 0.4) is 0 Å². The molecule has 0 bridgehead atoms. The van der Waals surface area contributed by atoms with Gasteiger partial charge in [0.25, 0.3) is 5.91 Å². The van der Waals surface area contributed by atoms with Gasteiger partial charge in [-0.25, -0.2) is 0 Å². The Morgan fingerprint density at radius 2 is 2.04 bits per heavy atom. The van der Waals surface area contributed by atoms with Gasteiger partial charge in [0.2, 0.25) is 0 Å². The molecule has 0 saturated carbocycles. The number of benzene rings is 2. The summed E-state index contributed by atoms with van der Waals surface area (Å²) in [4.78, 5) is 12.3. The highest BCUT2D eigenvalue weighted by molar-refractivity contribution is 9.10. The summed E-state index contributed by atoms with van der Waals surface area (Å²) < 4.78 is 8.35. The van der Waals surface area contributed by atoms with E-state index in [-0.39, 0.29) is 5.91 Å². The Labute approximate surface area is 148 Å². The summed E-state index contributed by atoms with van der Waals surface area (Å²) >= 11 is 3.41. The Hall–Kier alpha value is -2.60. The molecule has 1 heterocycles. The minimum Gasteiger partial charge on any atom is -0.489 e. The van der Waals surface area contributed by atoms with E-state index < -0.39 is 0 Å². The normalized spacial score (nSPS) is 10.4. The first kappa shape index (κ1) is 16.3. The monoisotopic (exact) mass is 385 g/mol. The zero-order chi connectivity index (χ0) is 16.9. The fourth-order valence-electron chi connectivity index (χ4n) is 2.20. The van der Waals surface area contributed by atoms with Gasteiger partial charge in [-0.2, -0.15) is 5.10 Å². The number of halogens is 1. The fraction of sp³-hybridized carbons (Fsp3) is 0.111. The first-order valence-electron chi connectivity index (χ1n) is 7.38. The Kier molecular flexibility index (Phi) is 4.96. The molecule has 0 atom stereocenters. The third-order valence-electron chi connectivity index (χ3n) is 3.35. The predicted octanol–water partition coefficient (Wildman–Crippen LogP) is 4.01. The van der Waals surface area contributed by atoms with Gasteiger partial charge < -0.3 is 10.1 Å². The number of amides is 1. The van der Waals surface area contributed by atoms with E-state index in [4.69, 9.17) is 4.74 Å². The molecule has 0 spiro atoms. The minimum absolute atomic E-state index is 0.196. The molecule has 0 fully saturated rings. The summed E-state index contributed by atoms with van der Waals surface area (Å²) in [5.74, 6) is 1.10. The molecule has 0 aliphatic rings. The average Bonchev–Trinajstić information content (AvgIpc) is 2.98. The van der Waals surface area contributed by atoms with Crippen LogP contribution in [0, 0.1) is 0 Å². The molecule has 0 aliphatic heterocycles. The van der Waals surface area contributed by atoms with E-state index in [9.17, 15) is 4.79 Å². The van der Waals surface area contributed by atoms with E-state index in [1.54, 1.807) is 30.1 Å². The topological polar surface area (TPSA) is 56.2 Å². The molecular formula is C18H16BrN3O2. The van der Waals surface area contributed by atoms with Gasteiger partial charge in [0.05, 0.1) is 0 Å². The molecule has 1 amide bonds. The quantitative estimate of drug-likeness (QED) is 0.721. The largest absolute Gasteiger partial charge is 0.489 e. The van der Waals surface area contributed by atoms with Crippen LogP contribution in [-0.2, 0) is 13.7 Å². The van der Waals surface area contributed by atoms with Gasteiger partial charge in [-0.1, -0.05) is 34.1 Å². The van der Waals surface area contributed by atoms with E-state index in [0.717, 1.165) is 15.8 Å². The van der Waals surface area contributed by atoms with Gasteiger partial charge in [0, 0.05) is 29.3 Å². The summed E-state index contributed by atoms with van der Waals surface area (Å²) in [6.45, 7) is 0.390. The highest BCUT2D eigenvalue weighted by Gasteiger charge is 2.08. The van der Waals surface area contributed by atoms with Crippen molar-refractivity contribution in [2.45, 2.75) is 6.61 Å². The lowest BCUT2D eigenvalue weighted by Crippen LogP contribution is -2.13. The number of carbonyl (C=O) groups excluding carboxylic acids is 1. The number of carbonyl (C=O) groups is 1. The Bertz CT molecular complexity index is 861. The fourth-order valence-corrected chi connectivity index (χ4v) is 2.57. The molecular weight excluding hydrogens is 370 g/mol. The van der Waals surface area contributed by atoms with Crippen LogP contribution in [0.4, 0.5) is 5.82 Å². The van der Waals surface area contributed by atoms with Crippen LogP contribution in [0.5, 0.6) is 5.75 Å². The molecule has 2 aromatic carbocycles. The second-order valence-corrected chi connectivity index (χ2v) is 6.19. The van der Waals surface area contributed by atoms with Crippen molar-refractivity contribution in [3.05, 3.63) is 76.4 Å². The Morgan fingerprint density at radius 3 is 2.79 bits per heavy atom. The zero-order valence-corrected chi connectivity index (χ0v) is 14.7. The van der Waals surface area contributed by atoms with Gasteiger partial charge in [-0.3, -0.25) is 9.48 Å². The van der Waals surface area contributed by atoms with Crippen molar-refractivity contribution in [3.8, 4) is 5.75 Å². The van der Waals surface area contributed by atoms with Gasteiger partial charge in [0.1, 0.15) is 12.4 Å². The van der Waals surface area contributed by atoms with Crippen LogP contribution >= 0.6 is 15.9 Å². The maximum absolute atomic E-state index is 12.3. The van der Waals surface area contributed by atoms with Gasteiger partial charge in [-0.05, 0) is 35.9 Å². The van der Waals surface area contributed by atoms with Crippen molar-refractivity contribution in [1.29, 1.82) is 0 Å². The van der Waals surface area contributed by atoms with Crippen molar-refractivity contribution >= 4 is 27.7 Å². The molecule has 0 saturated heterocycles. The summed E-state index contributed by atoms with van der Waals surface area (Å²) in [6, 6.07) is 16.7. The van der Waals surface area contributed by atoms with Crippen molar-refractivity contribution in [2.24, 2.45) is 7.05 Å². The highest BCUT2D eigenvalue weighted by Crippen LogP contribution is 2.19. The van der Waals surface area contributed by atoms with E-state index in [2.05, 4.69) is 26.3 Å². The number of nitrogens with one attached hydrogen (secondary N) is 1. The van der Waals surface area contributed by atoms with Crippen molar-refractivity contribution in [1.82, 2.24) is 9.78 Å². The lowest BCUT2D eigenvalue weighted by Gasteiger charge is -2.08. The third kappa shape index (κ3) is 4.23. The molecule has 6 heteroatoms. The average molecular weight is 386 g/mol. The molecule has 0 unspecified atom stereocenters. The minimum atomic E-state index is -0.196. The second kappa shape index (κ2) is 7.31. The molecule has 0 radical (unpaired) electrons. The first-order valence-corrected chi connectivity index (χ1v) is 8.18. The van der Waals surface area contributed by atoms with Crippen molar-refractivity contribution in [2.75, 3.05) is 5.32 Å². The van der Waals surface area contributed by atoms with Crippen LogP contribution in [0.15, 0.2) is 65.3 Å². The predicted molar refractivity (Wildman–Crippen MR) is 96.1 cm³/mol. The molecule has 0 aliphatic carbocycles. The molecule has 3 rings (SSSR count). The first-order chi connectivity index (χ1) is 11.6. The summed E-state index contributed by atoms with van der Waals surface area (Å²) in [7, 11) is 1.80. The molecule has 1 N–H and O–H groups in total. The van der Waals surface area contributed by atoms with Gasteiger partial charge in [0.15, 0.2) is 5.82 Å². The number of nitrogens with zero attached hydrogens (tertiary/aromatic N) is 2. The Balaban J connectivity index is 1.66. The number of hydrogen-bond donors (Lipinski definition) is 1. The summed E-state index contributed by atoms with van der Waals surface area (Å²) in [5, 5.41) is 6.91. The third-order valence-corrected chi connectivity index (χ3v) is 3.84. The van der Waals surface area contributed by atoms with Gasteiger partial charge in [-0.15, -0.1) is 0 Å². The van der Waals surface area contributed by atoms with Crippen LogP contribution in [0.1, 0.15) is 15.9 Å². The van der Waals surface area contributed by atoms with Gasteiger partial charge >= 0.3 is 0 Å².